The lowest BCUT2D eigenvalue weighted by atomic mass is 10.3. The number of nitrogens with zero attached hydrogens (tertiary/aromatic N) is 2. The molecular formula is C10H16ClN3O. The van der Waals surface area contributed by atoms with E-state index in [0.29, 0.717) is 29.5 Å². The molecular weight excluding hydrogens is 214 g/mol. The van der Waals surface area contributed by atoms with Crippen LogP contribution in [-0.4, -0.2) is 29.8 Å². The van der Waals surface area contributed by atoms with Gasteiger partial charge in [0.05, 0.1) is 23.0 Å². The molecule has 0 bridgehead atoms. The third-order valence-electron chi connectivity index (χ3n) is 2.09. The summed E-state index contributed by atoms with van der Waals surface area (Å²) in [6, 6.07) is 1.67. The van der Waals surface area contributed by atoms with Crippen molar-refractivity contribution in [2.45, 2.75) is 19.4 Å². The first-order valence-corrected chi connectivity index (χ1v) is 5.18. The average Bonchev–Trinajstić information content (AvgIpc) is 2.14. The molecule has 0 saturated heterocycles. The van der Waals surface area contributed by atoms with Gasteiger partial charge in [-0.25, -0.2) is 4.98 Å². The van der Waals surface area contributed by atoms with Gasteiger partial charge < -0.3 is 15.7 Å². The molecule has 1 rings (SSSR count). The minimum atomic E-state index is -0.319. The van der Waals surface area contributed by atoms with Crippen molar-refractivity contribution in [2.75, 3.05) is 24.2 Å². The van der Waals surface area contributed by atoms with Crippen LogP contribution in [0, 0.1) is 0 Å². The number of nitrogens with two attached hydrogens (primary N) is 1. The van der Waals surface area contributed by atoms with Gasteiger partial charge in [0, 0.05) is 13.6 Å². The van der Waals surface area contributed by atoms with Crippen LogP contribution in [0.25, 0.3) is 0 Å². The second kappa shape index (κ2) is 5.19. The van der Waals surface area contributed by atoms with E-state index < -0.39 is 0 Å². The molecule has 1 atom stereocenters. The van der Waals surface area contributed by atoms with Crippen molar-refractivity contribution in [3.05, 3.63) is 17.3 Å². The monoisotopic (exact) mass is 229 g/mol. The van der Waals surface area contributed by atoms with Gasteiger partial charge >= 0.3 is 0 Å². The molecule has 1 heterocycles. The maximum absolute atomic E-state index is 9.16. The SMILES string of the molecule is CC(O)CCN(C)c1ncc(N)cc1Cl. The van der Waals surface area contributed by atoms with Crippen LogP contribution in [-0.2, 0) is 0 Å². The molecule has 3 N–H and O–H groups in total. The Morgan fingerprint density at radius 3 is 2.87 bits per heavy atom. The van der Waals surface area contributed by atoms with Crippen LogP contribution >= 0.6 is 11.6 Å². The molecule has 15 heavy (non-hydrogen) atoms. The maximum Gasteiger partial charge on any atom is 0.147 e. The Hall–Kier alpha value is -1.00. The van der Waals surface area contributed by atoms with Gasteiger partial charge in [-0.1, -0.05) is 11.6 Å². The van der Waals surface area contributed by atoms with Gasteiger partial charge in [0.25, 0.3) is 0 Å². The molecule has 0 aliphatic heterocycles. The molecule has 5 heteroatoms. The van der Waals surface area contributed by atoms with Crippen molar-refractivity contribution >= 4 is 23.1 Å². The Labute approximate surface area is 94.7 Å². The highest BCUT2D eigenvalue weighted by atomic mass is 35.5. The molecule has 0 saturated carbocycles. The van der Waals surface area contributed by atoms with Crippen molar-refractivity contribution < 1.29 is 5.11 Å². The topological polar surface area (TPSA) is 62.4 Å². The quantitative estimate of drug-likeness (QED) is 0.822. The van der Waals surface area contributed by atoms with Crippen LogP contribution in [0.2, 0.25) is 5.02 Å². The van der Waals surface area contributed by atoms with E-state index in [1.165, 1.54) is 0 Å². The zero-order valence-corrected chi connectivity index (χ0v) is 9.70. The summed E-state index contributed by atoms with van der Waals surface area (Å²) < 4.78 is 0. The smallest absolute Gasteiger partial charge is 0.147 e. The first kappa shape index (κ1) is 12.1. The van der Waals surface area contributed by atoms with Gasteiger partial charge in [-0.2, -0.15) is 0 Å². The third-order valence-corrected chi connectivity index (χ3v) is 2.36. The van der Waals surface area contributed by atoms with E-state index in [4.69, 9.17) is 22.4 Å². The second-order valence-corrected chi connectivity index (χ2v) is 4.04. The summed E-state index contributed by atoms with van der Waals surface area (Å²) >= 11 is 5.99. The normalized spacial score (nSPS) is 12.5. The van der Waals surface area contributed by atoms with Crippen LogP contribution in [0.15, 0.2) is 12.3 Å². The molecule has 84 valence electrons. The predicted octanol–water partition coefficient (Wildman–Crippen LogP) is 1.52. The summed E-state index contributed by atoms with van der Waals surface area (Å²) in [5.41, 5.74) is 6.09. The fraction of sp³-hybridized carbons (Fsp3) is 0.500. The summed E-state index contributed by atoms with van der Waals surface area (Å²) in [5.74, 6) is 0.687. The first-order valence-electron chi connectivity index (χ1n) is 4.81. The molecule has 0 radical (unpaired) electrons. The van der Waals surface area contributed by atoms with Crippen LogP contribution < -0.4 is 10.6 Å². The summed E-state index contributed by atoms with van der Waals surface area (Å²) in [6.45, 7) is 2.46. The number of hydrogen-bond acceptors (Lipinski definition) is 4. The maximum atomic E-state index is 9.16. The zero-order chi connectivity index (χ0) is 11.4. The van der Waals surface area contributed by atoms with Crippen molar-refractivity contribution in [3.63, 3.8) is 0 Å². The largest absolute Gasteiger partial charge is 0.397 e. The van der Waals surface area contributed by atoms with E-state index in [0.717, 1.165) is 0 Å². The standard InChI is InChI=1S/C10H16ClN3O/c1-7(15)3-4-14(2)10-9(11)5-8(12)6-13-10/h5-7,15H,3-4,12H2,1-2H3. The van der Waals surface area contributed by atoms with E-state index in [9.17, 15) is 0 Å². The molecule has 4 nitrogen and oxygen atoms in total. The molecule has 0 fully saturated rings. The number of aromatic nitrogens is 1. The van der Waals surface area contributed by atoms with Crippen molar-refractivity contribution in [1.29, 1.82) is 0 Å². The van der Waals surface area contributed by atoms with E-state index in [1.54, 1.807) is 19.2 Å². The molecule has 0 aliphatic carbocycles. The highest BCUT2D eigenvalue weighted by molar-refractivity contribution is 6.33. The number of aliphatic hydroxyl groups excluding tert-OH is 1. The van der Waals surface area contributed by atoms with Crippen molar-refractivity contribution in [3.8, 4) is 0 Å². The highest BCUT2D eigenvalue weighted by Gasteiger charge is 2.08. The van der Waals surface area contributed by atoms with Gasteiger partial charge in [0.15, 0.2) is 0 Å². The van der Waals surface area contributed by atoms with Gasteiger partial charge in [0.1, 0.15) is 5.82 Å². The Balaban J connectivity index is 2.69. The number of anilines is 2. The van der Waals surface area contributed by atoms with E-state index in [2.05, 4.69) is 4.98 Å². The van der Waals surface area contributed by atoms with Gasteiger partial charge in [-0.3, -0.25) is 0 Å². The lowest BCUT2D eigenvalue weighted by molar-refractivity contribution is 0.187. The van der Waals surface area contributed by atoms with E-state index in [-0.39, 0.29) is 6.10 Å². The molecule has 1 aromatic rings. The Morgan fingerprint density at radius 2 is 2.33 bits per heavy atom. The lowest BCUT2D eigenvalue weighted by Gasteiger charge is -2.20. The summed E-state index contributed by atoms with van der Waals surface area (Å²) in [6.07, 6.45) is 1.93. The summed E-state index contributed by atoms with van der Waals surface area (Å²) in [5, 5.41) is 9.69. The highest BCUT2D eigenvalue weighted by Crippen LogP contribution is 2.24. The van der Waals surface area contributed by atoms with Crippen molar-refractivity contribution in [2.24, 2.45) is 0 Å². The van der Waals surface area contributed by atoms with Gasteiger partial charge in [-0.05, 0) is 19.4 Å². The average molecular weight is 230 g/mol. The second-order valence-electron chi connectivity index (χ2n) is 3.63. The molecule has 0 amide bonds. The van der Waals surface area contributed by atoms with Crippen LogP contribution in [0.3, 0.4) is 0 Å². The predicted molar refractivity (Wildman–Crippen MR) is 63.2 cm³/mol. The number of halogens is 1. The Bertz CT molecular complexity index is 330. The molecule has 0 spiro atoms. The van der Waals surface area contributed by atoms with E-state index >= 15 is 0 Å². The first-order chi connectivity index (χ1) is 7.00. The number of hydrogen-bond donors (Lipinski definition) is 2. The Kier molecular flexibility index (Phi) is 4.17. The molecule has 0 aromatic carbocycles. The van der Waals surface area contributed by atoms with Gasteiger partial charge in [-0.15, -0.1) is 0 Å². The number of nitrogen functional groups attached to an aromatic ring is 1. The molecule has 1 unspecified atom stereocenters. The zero-order valence-electron chi connectivity index (χ0n) is 8.94. The number of rotatable bonds is 4. The van der Waals surface area contributed by atoms with Crippen LogP contribution in [0.5, 0.6) is 0 Å². The Morgan fingerprint density at radius 1 is 1.67 bits per heavy atom. The van der Waals surface area contributed by atoms with Crippen LogP contribution in [0.4, 0.5) is 11.5 Å². The third kappa shape index (κ3) is 3.57. The van der Waals surface area contributed by atoms with Crippen molar-refractivity contribution in [1.82, 2.24) is 4.98 Å². The molecule has 0 aliphatic rings. The minimum absolute atomic E-state index is 0.319. The van der Waals surface area contributed by atoms with Gasteiger partial charge in [0.2, 0.25) is 0 Å². The fourth-order valence-corrected chi connectivity index (χ4v) is 1.53. The number of pyridine rings is 1. The molecule has 1 aromatic heterocycles. The minimum Gasteiger partial charge on any atom is -0.397 e. The lowest BCUT2D eigenvalue weighted by Crippen LogP contribution is -2.23. The fourth-order valence-electron chi connectivity index (χ4n) is 1.21. The number of aliphatic hydroxyl groups is 1. The van der Waals surface area contributed by atoms with Crippen LogP contribution in [0.1, 0.15) is 13.3 Å². The summed E-state index contributed by atoms with van der Waals surface area (Å²) in [4.78, 5) is 6.04. The van der Waals surface area contributed by atoms with E-state index in [1.807, 2.05) is 11.9 Å². The summed E-state index contributed by atoms with van der Waals surface area (Å²) in [7, 11) is 1.88.